The molecule has 1 unspecified atom stereocenters. The van der Waals surface area contributed by atoms with E-state index in [1.807, 2.05) is 30.3 Å². The van der Waals surface area contributed by atoms with Gasteiger partial charge in [-0.1, -0.05) is 52.3 Å². The van der Waals surface area contributed by atoms with Crippen molar-refractivity contribution in [2.45, 2.75) is 12.8 Å². The van der Waals surface area contributed by atoms with E-state index in [-0.39, 0.29) is 17.5 Å². The van der Waals surface area contributed by atoms with E-state index in [2.05, 4.69) is 27.0 Å². The maximum Gasteiger partial charge on any atom is 0.286 e. The quantitative estimate of drug-likeness (QED) is 0.420. The number of nitrogens with zero attached hydrogens (tertiary/aromatic N) is 4. The first-order valence-electron chi connectivity index (χ1n) is 11.3. The summed E-state index contributed by atoms with van der Waals surface area (Å²) in [6, 6.07) is 23.5. The van der Waals surface area contributed by atoms with Crippen LogP contribution in [0, 0.1) is 11.3 Å². The van der Waals surface area contributed by atoms with Gasteiger partial charge in [0, 0.05) is 30.6 Å². The summed E-state index contributed by atoms with van der Waals surface area (Å²) in [6.45, 7) is 0. The van der Waals surface area contributed by atoms with Crippen LogP contribution in [0.5, 0.6) is 11.5 Å². The van der Waals surface area contributed by atoms with Gasteiger partial charge >= 0.3 is 0 Å². The predicted molar refractivity (Wildman–Crippen MR) is 143 cm³/mol. The first-order chi connectivity index (χ1) is 17.7. The Morgan fingerprint density at radius 1 is 1.11 bits per heavy atom. The van der Waals surface area contributed by atoms with Gasteiger partial charge in [-0.15, -0.1) is 0 Å². The van der Waals surface area contributed by atoms with Crippen molar-refractivity contribution in [3.05, 3.63) is 106 Å². The highest BCUT2D eigenvalue weighted by Crippen LogP contribution is 2.28. The molecule has 0 bridgehead atoms. The molecular weight excluding hydrogens is 536 g/mol. The molecule has 9 nitrogen and oxygen atoms in total. The van der Waals surface area contributed by atoms with E-state index in [0.29, 0.717) is 39.2 Å². The third kappa shape index (κ3) is 6.09. The van der Waals surface area contributed by atoms with Crippen molar-refractivity contribution in [2.24, 2.45) is 16.6 Å². The fourth-order valence-corrected chi connectivity index (χ4v) is 4.10. The zero-order valence-corrected chi connectivity index (χ0v) is 21.8. The smallest absolute Gasteiger partial charge is 0.286 e. The van der Waals surface area contributed by atoms with Gasteiger partial charge in [-0.25, -0.2) is 15.8 Å². The molecule has 37 heavy (non-hydrogen) atoms. The molecule has 10 heteroatoms. The highest BCUT2D eigenvalue weighted by molar-refractivity contribution is 9.10. The summed E-state index contributed by atoms with van der Waals surface area (Å²) < 4.78 is 12.8. The molecule has 4 N–H and O–H groups in total. The summed E-state index contributed by atoms with van der Waals surface area (Å²) in [6.07, 6.45) is -0.623. The third-order valence-corrected chi connectivity index (χ3v) is 5.90. The number of ether oxygens (including phenoxy) is 2. The van der Waals surface area contributed by atoms with Crippen LogP contribution >= 0.6 is 15.9 Å². The minimum atomic E-state index is -1.03. The number of hydrazine groups is 1. The molecule has 3 aromatic carbocycles. The van der Waals surface area contributed by atoms with E-state index in [1.54, 1.807) is 56.6 Å². The summed E-state index contributed by atoms with van der Waals surface area (Å²) >= 11 is 3.39. The van der Waals surface area contributed by atoms with Crippen LogP contribution in [0.1, 0.15) is 21.5 Å². The lowest BCUT2D eigenvalue weighted by Gasteiger charge is -2.33. The summed E-state index contributed by atoms with van der Waals surface area (Å²) in [7, 11) is 3.35. The molecule has 0 spiro atoms. The summed E-state index contributed by atoms with van der Waals surface area (Å²) in [5.74, 6) is 7.11. The number of carbonyl (C=O) groups is 1. The second-order valence-corrected chi connectivity index (χ2v) is 9.34. The lowest BCUT2D eigenvalue weighted by atomic mass is 10.1. The van der Waals surface area contributed by atoms with Crippen LogP contribution in [0.2, 0.25) is 0 Å². The summed E-state index contributed by atoms with van der Waals surface area (Å²) in [5, 5.41) is 10.5. The molecule has 0 aromatic heterocycles. The number of nitriles is 1. The minimum absolute atomic E-state index is 0.119. The Balaban J connectivity index is 1.70. The second kappa shape index (κ2) is 11.2. The SMILES string of the molecule is CN(C)C(=O)c1cccc(OC2N=C(Cc3ccccc3)C(N)=C(Oc3cc(Br)cc(C#N)c3)N2N)c1. The molecule has 0 fully saturated rings. The first kappa shape index (κ1) is 25.8. The third-order valence-electron chi connectivity index (χ3n) is 5.44. The first-order valence-corrected chi connectivity index (χ1v) is 12.1. The standard InChI is InChI=1S/C27H25BrN6O3/c1-33(2)25(35)19-9-6-10-21(14-19)37-27-32-23(13-17-7-4-3-5-8-17)24(30)26(34(27)31)36-22-12-18(16-29)11-20(28)15-22/h3-12,14-15,27H,13,30-31H2,1-2H3. The predicted octanol–water partition coefficient (Wildman–Crippen LogP) is 3.76. The van der Waals surface area contributed by atoms with Crippen molar-refractivity contribution in [3.8, 4) is 17.6 Å². The van der Waals surface area contributed by atoms with Crippen LogP contribution in [0.4, 0.5) is 0 Å². The number of aliphatic imine (C=N–C) groups is 1. The number of rotatable bonds is 7. The summed E-state index contributed by atoms with van der Waals surface area (Å²) in [4.78, 5) is 18.6. The van der Waals surface area contributed by atoms with Gasteiger partial charge in [0.1, 0.15) is 17.2 Å². The van der Waals surface area contributed by atoms with Crippen molar-refractivity contribution >= 4 is 27.5 Å². The molecule has 1 heterocycles. The molecule has 1 atom stereocenters. The van der Waals surface area contributed by atoms with E-state index in [9.17, 15) is 10.1 Å². The van der Waals surface area contributed by atoms with Crippen LogP contribution in [-0.2, 0) is 6.42 Å². The number of allylic oxidation sites excluding steroid dienone is 1. The second-order valence-electron chi connectivity index (χ2n) is 8.43. The topological polar surface area (TPSA) is 130 Å². The Kier molecular flexibility index (Phi) is 7.77. The summed E-state index contributed by atoms with van der Waals surface area (Å²) in [5.41, 5.74) is 9.09. The number of amides is 1. The van der Waals surface area contributed by atoms with Gasteiger partial charge in [-0.05, 0) is 42.0 Å². The van der Waals surface area contributed by atoms with Gasteiger partial charge in [0.2, 0.25) is 5.88 Å². The lowest BCUT2D eigenvalue weighted by molar-refractivity contribution is 0.0225. The van der Waals surface area contributed by atoms with Crippen LogP contribution in [0.25, 0.3) is 0 Å². The molecule has 0 radical (unpaired) electrons. The molecule has 4 rings (SSSR count). The Bertz CT molecular complexity index is 1420. The highest BCUT2D eigenvalue weighted by Gasteiger charge is 2.31. The number of hydrogen-bond donors (Lipinski definition) is 2. The van der Waals surface area contributed by atoms with E-state index in [0.717, 1.165) is 5.56 Å². The molecule has 1 aliphatic rings. The number of carbonyl (C=O) groups excluding carboxylic acids is 1. The Hall–Kier alpha value is -4.33. The molecule has 0 saturated carbocycles. The van der Waals surface area contributed by atoms with Crippen molar-refractivity contribution in [3.63, 3.8) is 0 Å². The molecule has 0 saturated heterocycles. The Morgan fingerprint density at radius 3 is 2.57 bits per heavy atom. The lowest BCUT2D eigenvalue weighted by Crippen LogP contribution is -2.49. The maximum absolute atomic E-state index is 12.4. The zero-order chi connectivity index (χ0) is 26.5. The molecular formula is C27H25BrN6O3. The van der Waals surface area contributed by atoms with E-state index < -0.39 is 6.35 Å². The maximum atomic E-state index is 12.4. The largest absolute Gasteiger partial charge is 0.449 e. The molecule has 1 amide bonds. The zero-order valence-electron chi connectivity index (χ0n) is 20.3. The van der Waals surface area contributed by atoms with Crippen molar-refractivity contribution < 1.29 is 14.3 Å². The van der Waals surface area contributed by atoms with E-state index in [1.165, 1.54) is 9.91 Å². The van der Waals surface area contributed by atoms with E-state index in [4.69, 9.17) is 21.1 Å². The number of halogens is 1. The van der Waals surface area contributed by atoms with Gasteiger partial charge in [-0.2, -0.15) is 5.26 Å². The monoisotopic (exact) mass is 560 g/mol. The van der Waals surface area contributed by atoms with Crippen LogP contribution in [0.3, 0.4) is 0 Å². The minimum Gasteiger partial charge on any atom is -0.449 e. The van der Waals surface area contributed by atoms with Gasteiger partial charge in [-0.3, -0.25) is 4.79 Å². The van der Waals surface area contributed by atoms with Gasteiger partial charge in [0.05, 0.1) is 17.3 Å². The average molecular weight is 561 g/mol. The molecule has 0 aliphatic carbocycles. The molecule has 1 aliphatic heterocycles. The fraction of sp³-hybridized carbons (Fsp3) is 0.148. The van der Waals surface area contributed by atoms with Crippen molar-refractivity contribution in [1.82, 2.24) is 9.91 Å². The van der Waals surface area contributed by atoms with Crippen molar-refractivity contribution in [2.75, 3.05) is 14.1 Å². The van der Waals surface area contributed by atoms with Gasteiger partial charge in [0.25, 0.3) is 12.3 Å². The molecule has 3 aromatic rings. The number of hydrogen-bond acceptors (Lipinski definition) is 8. The Morgan fingerprint density at radius 2 is 1.86 bits per heavy atom. The number of benzene rings is 3. The van der Waals surface area contributed by atoms with Gasteiger partial charge in [0.15, 0.2) is 0 Å². The van der Waals surface area contributed by atoms with Crippen LogP contribution in [0.15, 0.2) is 93.8 Å². The van der Waals surface area contributed by atoms with Gasteiger partial charge < -0.3 is 20.1 Å². The average Bonchev–Trinajstić information content (AvgIpc) is 2.89. The highest BCUT2D eigenvalue weighted by atomic mass is 79.9. The fourth-order valence-electron chi connectivity index (χ4n) is 3.63. The normalized spacial score (nSPS) is 15.1. The molecule has 188 valence electrons. The van der Waals surface area contributed by atoms with Crippen molar-refractivity contribution in [1.29, 1.82) is 5.26 Å². The van der Waals surface area contributed by atoms with Crippen LogP contribution < -0.4 is 21.1 Å². The van der Waals surface area contributed by atoms with E-state index >= 15 is 0 Å². The number of nitrogens with two attached hydrogens (primary N) is 2. The van der Waals surface area contributed by atoms with Crippen LogP contribution in [-0.4, -0.2) is 42.0 Å². The Labute approximate surface area is 223 Å².